The molecule has 18 heavy (non-hydrogen) atoms. The summed E-state index contributed by atoms with van der Waals surface area (Å²) in [5.41, 5.74) is 0. The van der Waals surface area contributed by atoms with E-state index in [2.05, 4.69) is 20.6 Å². The van der Waals surface area contributed by atoms with Crippen LogP contribution in [-0.4, -0.2) is 57.1 Å². The van der Waals surface area contributed by atoms with Gasteiger partial charge in [-0.25, -0.2) is 0 Å². The standard InChI is InChI=1S/C10H17N5O3/c1-3-15(6-5-10(17)18-4-2)9(16)7-8-11-13-14-12-8/h3-7H2,1-2H3,(H,11,12,13,14). The number of nitrogens with zero attached hydrogens (tertiary/aromatic N) is 4. The number of hydrogen-bond acceptors (Lipinski definition) is 6. The van der Waals surface area contributed by atoms with Gasteiger partial charge in [0.05, 0.1) is 19.4 Å². The number of H-pyrrole nitrogens is 1. The van der Waals surface area contributed by atoms with Gasteiger partial charge in [-0.15, -0.1) is 10.2 Å². The number of likely N-dealkylation sites (N-methyl/N-ethyl adjacent to an activating group) is 1. The lowest BCUT2D eigenvalue weighted by Crippen LogP contribution is -2.34. The van der Waals surface area contributed by atoms with Gasteiger partial charge in [-0.05, 0) is 13.8 Å². The predicted molar refractivity (Wildman–Crippen MR) is 61.4 cm³/mol. The zero-order valence-electron chi connectivity index (χ0n) is 10.5. The average Bonchev–Trinajstić information content (AvgIpc) is 2.83. The number of carbonyl (C=O) groups is 2. The third-order valence-electron chi connectivity index (χ3n) is 2.32. The fourth-order valence-electron chi connectivity index (χ4n) is 1.42. The van der Waals surface area contributed by atoms with Crippen molar-refractivity contribution in [3.05, 3.63) is 5.82 Å². The zero-order valence-corrected chi connectivity index (χ0v) is 10.5. The third kappa shape index (κ3) is 4.48. The number of carbonyl (C=O) groups excluding carboxylic acids is 2. The number of nitrogens with one attached hydrogen (secondary N) is 1. The monoisotopic (exact) mass is 255 g/mol. The second-order valence-corrected chi connectivity index (χ2v) is 3.53. The van der Waals surface area contributed by atoms with Gasteiger partial charge < -0.3 is 9.64 Å². The largest absolute Gasteiger partial charge is 0.466 e. The summed E-state index contributed by atoms with van der Waals surface area (Å²) in [6.45, 7) is 4.81. The Kier molecular flexibility index (Phi) is 5.75. The van der Waals surface area contributed by atoms with Crippen molar-refractivity contribution in [2.24, 2.45) is 0 Å². The van der Waals surface area contributed by atoms with E-state index in [9.17, 15) is 9.59 Å². The van der Waals surface area contributed by atoms with Crippen LogP contribution in [0.15, 0.2) is 0 Å². The fraction of sp³-hybridized carbons (Fsp3) is 0.700. The Morgan fingerprint density at radius 3 is 2.72 bits per heavy atom. The number of amides is 1. The molecule has 8 nitrogen and oxygen atoms in total. The predicted octanol–water partition coefficient (Wildman–Crippen LogP) is -0.456. The summed E-state index contributed by atoms with van der Waals surface area (Å²) >= 11 is 0. The van der Waals surface area contributed by atoms with Crippen molar-refractivity contribution in [2.45, 2.75) is 26.7 Å². The van der Waals surface area contributed by atoms with Crippen LogP contribution in [0.5, 0.6) is 0 Å². The molecule has 0 spiro atoms. The maximum absolute atomic E-state index is 11.9. The van der Waals surface area contributed by atoms with E-state index in [0.29, 0.717) is 25.5 Å². The smallest absolute Gasteiger partial charge is 0.307 e. The molecule has 0 saturated carbocycles. The highest BCUT2D eigenvalue weighted by atomic mass is 16.5. The first-order valence-electron chi connectivity index (χ1n) is 5.83. The molecule has 0 radical (unpaired) electrons. The first-order chi connectivity index (χ1) is 8.67. The van der Waals surface area contributed by atoms with E-state index in [-0.39, 0.29) is 24.7 Å². The van der Waals surface area contributed by atoms with Crippen LogP contribution in [0, 0.1) is 0 Å². The summed E-state index contributed by atoms with van der Waals surface area (Å²) in [4.78, 5) is 24.6. The average molecular weight is 255 g/mol. The van der Waals surface area contributed by atoms with Crippen LogP contribution in [0.2, 0.25) is 0 Å². The fourth-order valence-corrected chi connectivity index (χ4v) is 1.42. The van der Waals surface area contributed by atoms with Gasteiger partial charge in [-0.1, -0.05) is 5.21 Å². The van der Waals surface area contributed by atoms with Gasteiger partial charge in [0.2, 0.25) is 5.91 Å². The number of aromatic nitrogens is 4. The quantitative estimate of drug-likeness (QED) is 0.662. The first-order valence-corrected chi connectivity index (χ1v) is 5.83. The third-order valence-corrected chi connectivity index (χ3v) is 2.32. The van der Waals surface area contributed by atoms with Gasteiger partial charge in [0, 0.05) is 13.1 Å². The molecule has 0 fully saturated rings. The lowest BCUT2D eigenvalue weighted by atomic mass is 10.3. The molecule has 0 unspecified atom stereocenters. The molecule has 0 aromatic carbocycles. The molecule has 1 N–H and O–H groups in total. The molecular weight excluding hydrogens is 238 g/mol. The number of tetrazole rings is 1. The highest BCUT2D eigenvalue weighted by molar-refractivity contribution is 5.78. The van der Waals surface area contributed by atoms with E-state index in [1.807, 2.05) is 6.92 Å². The molecule has 0 atom stereocenters. The van der Waals surface area contributed by atoms with Crippen LogP contribution in [0.3, 0.4) is 0 Å². The topological polar surface area (TPSA) is 101 Å². The summed E-state index contributed by atoms with van der Waals surface area (Å²) < 4.78 is 4.81. The van der Waals surface area contributed by atoms with Crippen molar-refractivity contribution in [1.29, 1.82) is 0 Å². The lowest BCUT2D eigenvalue weighted by molar-refractivity contribution is -0.144. The van der Waals surface area contributed by atoms with Gasteiger partial charge >= 0.3 is 5.97 Å². The molecule has 1 aromatic rings. The summed E-state index contributed by atoms with van der Waals surface area (Å²) in [6, 6.07) is 0. The first kappa shape index (κ1) is 14.1. The van der Waals surface area contributed by atoms with E-state index < -0.39 is 0 Å². The van der Waals surface area contributed by atoms with E-state index in [1.165, 1.54) is 0 Å². The van der Waals surface area contributed by atoms with Crippen LogP contribution < -0.4 is 0 Å². The van der Waals surface area contributed by atoms with Crippen molar-refractivity contribution in [3.63, 3.8) is 0 Å². The maximum atomic E-state index is 11.9. The van der Waals surface area contributed by atoms with E-state index >= 15 is 0 Å². The second kappa shape index (κ2) is 7.36. The molecule has 1 aromatic heterocycles. The molecule has 0 aliphatic carbocycles. The van der Waals surface area contributed by atoms with Crippen LogP contribution in [0.1, 0.15) is 26.1 Å². The van der Waals surface area contributed by atoms with Crippen molar-refractivity contribution in [2.75, 3.05) is 19.7 Å². The van der Waals surface area contributed by atoms with Crippen molar-refractivity contribution in [1.82, 2.24) is 25.5 Å². The maximum Gasteiger partial charge on any atom is 0.307 e. The Labute approximate surface area is 105 Å². The minimum absolute atomic E-state index is 0.0766. The van der Waals surface area contributed by atoms with Crippen molar-refractivity contribution in [3.8, 4) is 0 Å². The SMILES string of the molecule is CCOC(=O)CCN(CC)C(=O)Cc1nn[nH]n1. The number of ether oxygens (including phenoxy) is 1. The molecule has 0 bridgehead atoms. The lowest BCUT2D eigenvalue weighted by Gasteiger charge is -2.19. The van der Waals surface area contributed by atoms with Crippen LogP contribution in [0.4, 0.5) is 0 Å². The minimum atomic E-state index is -0.302. The van der Waals surface area contributed by atoms with E-state index in [0.717, 1.165) is 0 Å². The minimum Gasteiger partial charge on any atom is -0.466 e. The highest BCUT2D eigenvalue weighted by Crippen LogP contribution is 1.99. The normalized spacial score (nSPS) is 10.1. The second-order valence-electron chi connectivity index (χ2n) is 3.53. The van der Waals surface area contributed by atoms with Gasteiger partial charge in [-0.3, -0.25) is 9.59 Å². The van der Waals surface area contributed by atoms with E-state index in [1.54, 1.807) is 11.8 Å². The Bertz CT molecular complexity index is 379. The molecule has 1 rings (SSSR count). The molecule has 100 valence electrons. The summed E-state index contributed by atoms with van der Waals surface area (Å²) in [6.07, 6.45) is 0.271. The highest BCUT2D eigenvalue weighted by Gasteiger charge is 2.16. The Hall–Kier alpha value is -1.99. The van der Waals surface area contributed by atoms with E-state index in [4.69, 9.17) is 4.74 Å². The number of rotatable bonds is 7. The molecule has 1 amide bonds. The number of hydrogen-bond donors (Lipinski definition) is 1. The molecule has 0 aliphatic heterocycles. The zero-order chi connectivity index (χ0) is 13.4. The van der Waals surface area contributed by atoms with Gasteiger partial charge in [0.25, 0.3) is 0 Å². The van der Waals surface area contributed by atoms with Crippen molar-refractivity contribution >= 4 is 11.9 Å². The van der Waals surface area contributed by atoms with Gasteiger partial charge in [0.15, 0.2) is 5.82 Å². The number of esters is 1. The number of aromatic amines is 1. The van der Waals surface area contributed by atoms with Gasteiger partial charge in [-0.2, -0.15) is 5.21 Å². The van der Waals surface area contributed by atoms with Crippen LogP contribution >= 0.6 is 0 Å². The van der Waals surface area contributed by atoms with Crippen LogP contribution in [0.25, 0.3) is 0 Å². The molecule has 0 saturated heterocycles. The van der Waals surface area contributed by atoms with Crippen molar-refractivity contribution < 1.29 is 14.3 Å². The summed E-state index contributed by atoms with van der Waals surface area (Å²) in [7, 11) is 0. The molecule has 8 heteroatoms. The summed E-state index contributed by atoms with van der Waals surface area (Å²) in [5, 5.41) is 13.1. The Balaban J connectivity index is 2.40. The molecule has 0 aliphatic rings. The molecule has 1 heterocycles. The Morgan fingerprint density at radius 1 is 1.39 bits per heavy atom. The van der Waals surface area contributed by atoms with Crippen LogP contribution in [-0.2, 0) is 20.7 Å². The molecular formula is C10H17N5O3. The summed E-state index contributed by atoms with van der Waals surface area (Å²) in [5.74, 6) is -0.0962. The van der Waals surface area contributed by atoms with Gasteiger partial charge in [0.1, 0.15) is 0 Å². The Morgan fingerprint density at radius 2 is 2.17 bits per heavy atom.